The van der Waals surface area contributed by atoms with Gasteiger partial charge in [-0.2, -0.15) is 0 Å². The van der Waals surface area contributed by atoms with Crippen LogP contribution < -0.4 is 0 Å². The van der Waals surface area contributed by atoms with Crippen LogP contribution >= 0.6 is 0 Å². The Morgan fingerprint density at radius 2 is 1.53 bits per heavy atom. The highest BCUT2D eigenvalue weighted by Gasteiger charge is 2.16. The second kappa shape index (κ2) is 7.00. The van der Waals surface area contributed by atoms with E-state index < -0.39 is 0 Å². The Bertz CT molecular complexity index is 236. The summed E-state index contributed by atoms with van der Waals surface area (Å²) in [7, 11) is 0. The molecule has 0 bridgehead atoms. The van der Waals surface area contributed by atoms with Crippen LogP contribution in [0.2, 0.25) is 0 Å². The molecule has 0 radical (unpaired) electrons. The SMILES string of the molecule is O=C1CCCCCN1CCCN1CCCCC1. The summed E-state index contributed by atoms with van der Waals surface area (Å²) < 4.78 is 0. The third-order valence-corrected chi connectivity index (χ3v) is 4.02. The highest BCUT2D eigenvalue weighted by molar-refractivity contribution is 5.76. The predicted molar refractivity (Wildman–Crippen MR) is 70.0 cm³/mol. The second-order valence-electron chi connectivity index (χ2n) is 5.45. The van der Waals surface area contributed by atoms with Crippen LogP contribution in [-0.2, 0) is 4.79 Å². The lowest BCUT2D eigenvalue weighted by Gasteiger charge is -2.28. The molecule has 0 N–H and O–H groups in total. The van der Waals surface area contributed by atoms with Gasteiger partial charge in [-0.15, -0.1) is 0 Å². The fourth-order valence-corrected chi connectivity index (χ4v) is 2.94. The van der Waals surface area contributed by atoms with E-state index in [4.69, 9.17) is 0 Å². The molecule has 0 aromatic heterocycles. The third kappa shape index (κ3) is 4.30. The van der Waals surface area contributed by atoms with Gasteiger partial charge in [-0.05, 0) is 51.7 Å². The first kappa shape index (κ1) is 12.9. The standard InChI is InChI=1S/C14H26N2O/c17-14-8-3-1-6-12-16(14)13-7-11-15-9-4-2-5-10-15/h1-13H2. The van der Waals surface area contributed by atoms with E-state index in [0.29, 0.717) is 5.91 Å². The number of rotatable bonds is 4. The summed E-state index contributed by atoms with van der Waals surface area (Å²) >= 11 is 0. The van der Waals surface area contributed by atoms with E-state index in [1.54, 1.807) is 0 Å². The summed E-state index contributed by atoms with van der Waals surface area (Å²) in [6, 6.07) is 0. The molecule has 17 heavy (non-hydrogen) atoms. The summed E-state index contributed by atoms with van der Waals surface area (Å²) in [4.78, 5) is 16.5. The summed E-state index contributed by atoms with van der Waals surface area (Å²) in [5, 5.41) is 0. The molecule has 0 spiro atoms. The highest BCUT2D eigenvalue weighted by Crippen LogP contribution is 2.12. The molecule has 3 nitrogen and oxygen atoms in total. The molecule has 0 unspecified atom stereocenters. The Kier molecular flexibility index (Phi) is 5.30. The Labute approximate surface area is 105 Å². The van der Waals surface area contributed by atoms with Gasteiger partial charge in [0.2, 0.25) is 5.91 Å². The molecule has 98 valence electrons. The van der Waals surface area contributed by atoms with Gasteiger partial charge in [-0.25, -0.2) is 0 Å². The first-order valence-electron chi connectivity index (χ1n) is 7.36. The quantitative estimate of drug-likeness (QED) is 0.750. The number of piperidine rings is 1. The van der Waals surface area contributed by atoms with Crippen LogP contribution in [0.15, 0.2) is 0 Å². The molecule has 2 aliphatic rings. The lowest BCUT2D eigenvalue weighted by molar-refractivity contribution is -0.130. The number of amides is 1. The van der Waals surface area contributed by atoms with Crippen LogP contribution in [0, 0.1) is 0 Å². The minimum Gasteiger partial charge on any atom is -0.343 e. The Morgan fingerprint density at radius 3 is 2.35 bits per heavy atom. The zero-order chi connectivity index (χ0) is 11.9. The van der Waals surface area contributed by atoms with Crippen molar-refractivity contribution in [3.63, 3.8) is 0 Å². The van der Waals surface area contributed by atoms with Crippen molar-refractivity contribution in [3.05, 3.63) is 0 Å². The Balaban J connectivity index is 1.64. The molecule has 2 heterocycles. The van der Waals surface area contributed by atoms with Gasteiger partial charge in [0.25, 0.3) is 0 Å². The van der Waals surface area contributed by atoms with E-state index >= 15 is 0 Å². The van der Waals surface area contributed by atoms with Crippen molar-refractivity contribution in [1.29, 1.82) is 0 Å². The average molecular weight is 238 g/mol. The van der Waals surface area contributed by atoms with Crippen molar-refractivity contribution < 1.29 is 4.79 Å². The van der Waals surface area contributed by atoms with Crippen LogP contribution in [0.3, 0.4) is 0 Å². The number of likely N-dealkylation sites (tertiary alicyclic amines) is 2. The fraction of sp³-hybridized carbons (Fsp3) is 0.929. The van der Waals surface area contributed by atoms with E-state index in [1.165, 1.54) is 51.7 Å². The smallest absolute Gasteiger partial charge is 0.222 e. The van der Waals surface area contributed by atoms with Gasteiger partial charge in [0, 0.05) is 19.5 Å². The maximum Gasteiger partial charge on any atom is 0.222 e. The first-order valence-corrected chi connectivity index (χ1v) is 7.36. The van der Waals surface area contributed by atoms with E-state index in [1.807, 2.05) is 0 Å². The molecule has 3 heteroatoms. The van der Waals surface area contributed by atoms with Gasteiger partial charge in [0.15, 0.2) is 0 Å². The molecular formula is C14H26N2O. The maximum absolute atomic E-state index is 11.8. The monoisotopic (exact) mass is 238 g/mol. The van der Waals surface area contributed by atoms with Gasteiger partial charge < -0.3 is 9.80 Å². The zero-order valence-electron chi connectivity index (χ0n) is 11.0. The summed E-state index contributed by atoms with van der Waals surface area (Å²) in [6.45, 7) is 5.71. The molecule has 1 amide bonds. The third-order valence-electron chi connectivity index (χ3n) is 4.02. The van der Waals surface area contributed by atoms with Crippen LogP contribution in [0.4, 0.5) is 0 Å². The molecule has 2 fully saturated rings. The summed E-state index contributed by atoms with van der Waals surface area (Å²) in [6.07, 6.45) is 9.60. The van der Waals surface area contributed by atoms with Crippen LogP contribution in [0.5, 0.6) is 0 Å². The van der Waals surface area contributed by atoms with Crippen molar-refractivity contribution in [3.8, 4) is 0 Å². The van der Waals surface area contributed by atoms with Gasteiger partial charge >= 0.3 is 0 Å². The van der Waals surface area contributed by atoms with Gasteiger partial charge in [-0.1, -0.05) is 12.8 Å². The molecule has 0 atom stereocenters. The molecule has 2 saturated heterocycles. The van der Waals surface area contributed by atoms with Crippen LogP contribution in [-0.4, -0.2) is 48.4 Å². The topological polar surface area (TPSA) is 23.6 Å². The molecule has 0 aliphatic carbocycles. The number of carbonyl (C=O) groups excluding carboxylic acids is 1. The molecular weight excluding hydrogens is 212 g/mol. The number of hydrogen-bond acceptors (Lipinski definition) is 2. The summed E-state index contributed by atoms with van der Waals surface area (Å²) in [5.41, 5.74) is 0. The minimum absolute atomic E-state index is 0.390. The molecule has 2 aliphatic heterocycles. The van der Waals surface area contributed by atoms with Crippen molar-refractivity contribution in [1.82, 2.24) is 9.80 Å². The van der Waals surface area contributed by atoms with Crippen molar-refractivity contribution in [2.24, 2.45) is 0 Å². The lowest BCUT2D eigenvalue weighted by atomic mass is 10.1. The van der Waals surface area contributed by atoms with Gasteiger partial charge in [0.05, 0.1) is 0 Å². The number of nitrogens with zero attached hydrogens (tertiary/aromatic N) is 2. The predicted octanol–water partition coefficient (Wildman–Crippen LogP) is 2.27. The normalized spacial score (nSPS) is 23.8. The molecule has 0 aromatic carbocycles. The Morgan fingerprint density at radius 1 is 0.824 bits per heavy atom. The lowest BCUT2D eigenvalue weighted by Crippen LogP contribution is -2.35. The zero-order valence-corrected chi connectivity index (χ0v) is 11.0. The van der Waals surface area contributed by atoms with Crippen molar-refractivity contribution >= 4 is 5.91 Å². The highest BCUT2D eigenvalue weighted by atomic mass is 16.2. The van der Waals surface area contributed by atoms with Crippen LogP contribution in [0.1, 0.15) is 51.4 Å². The average Bonchev–Trinajstić information content (AvgIpc) is 2.56. The molecule has 0 aromatic rings. The minimum atomic E-state index is 0.390. The Hall–Kier alpha value is -0.570. The van der Waals surface area contributed by atoms with Crippen molar-refractivity contribution in [2.45, 2.75) is 51.4 Å². The van der Waals surface area contributed by atoms with Crippen LogP contribution in [0.25, 0.3) is 0 Å². The maximum atomic E-state index is 11.8. The van der Waals surface area contributed by atoms with Gasteiger partial charge in [0.1, 0.15) is 0 Å². The largest absolute Gasteiger partial charge is 0.343 e. The molecule has 2 rings (SSSR count). The fourth-order valence-electron chi connectivity index (χ4n) is 2.94. The van der Waals surface area contributed by atoms with Crippen molar-refractivity contribution in [2.75, 3.05) is 32.7 Å². The van der Waals surface area contributed by atoms with E-state index in [2.05, 4.69) is 9.80 Å². The van der Waals surface area contributed by atoms with Gasteiger partial charge in [-0.3, -0.25) is 4.79 Å². The number of hydrogen-bond donors (Lipinski definition) is 0. The van der Waals surface area contributed by atoms with E-state index in [-0.39, 0.29) is 0 Å². The second-order valence-corrected chi connectivity index (χ2v) is 5.45. The summed E-state index contributed by atoms with van der Waals surface area (Å²) in [5.74, 6) is 0.390. The first-order chi connectivity index (χ1) is 8.36. The van der Waals surface area contributed by atoms with E-state index in [0.717, 1.165) is 32.4 Å². The van der Waals surface area contributed by atoms with E-state index in [9.17, 15) is 4.79 Å². The number of carbonyl (C=O) groups is 1. The molecule has 0 saturated carbocycles.